The molecule has 132 valence electrons. The molecule has 1 aromatic carbocycles. The summed E-state index contributed by atoms with van der Waals surface area (Å²) >= 11 is 9.40. The van der Waals surface area contributed by atoms with Gasteiger partial charge in [0, 0.05) is 30.4 Å². The van der Waals surface area contributed by atoms with Crippen molar-refractivity contribution in [1.29, 1.82) is 0 Å². The fraction of sp³-hybridized carbons (Fsp3) is 0.294. The monoisotopic (exact) mass is 425 g/mol. The SMILES string of the molecule is COc1ccc(Cl)cc1NC(=O)N1CCC(Oc2ccncc2Br)C1. The van der Waals surface area contributed by atoms with Crippen molar-refractivity contribution in [2.45, 2.75) is 12.5 Å². The minimum atomic E-state index is -0.208. The van der Waals surface area contributed by atoms with Crippen molar-refractivity contribution in [2.75, 3.05) is 25.5 Å². The third kappa shape index (κ3) is 4.35. The molecule has 3 rings (SSSR count). The maximum Gasteiger partial charge on any atom is 0.322 e. The van der Waals surface area contributed by atoms with Crippen molar-refractivity contribution in [2.24, 2.45) is 0 Å². The van der Waals surface area contributed by atoms with Crippen molar-refractivity contribution >= 4 is 39.2 Å². The quantitative estimate of drug-likeness (QED) is 0.796. The summed E-state index contributed by atoms with van der Waals surface area (Å²) in [5.74, 6) is 1.28. The fourth-order valence-corrected chi connectivity index (χ4v) is 3.13. The van der Waals surface area contributed by atoms with Crippen LogP contribution >= 0.6 is 27.5 Å². The highest BCUT2D eigenvalue weighted by atomic mass is 79.9. The molecule has 2 aromatic rings. The molecule has 1 fully saturated rings. The maximum absolute atomic E-state index is 12.5. The Labute approximate surface area is 159 Å². The van der Waals surface area contributed by atoms with Crippen LogP contribution in [-0.2, 0) is 0 Å². The van der Waals surface area contributed by atoms with Gasteiger partial charge in [-0.3, -0.25) is 4.98 Å². The highest BCUT2D eigenvalue weighted by Crippen LogP contribution is 2.29. The van der Waals surface area contributed by atoms with Crippen molar-refractivity contribution in [3.63, 3.8) is 0 Å². The maximum atomic E-state index is 12.5. The Kier molecular flexibility index (Phi) is 5.65. The molecule has 1 unspecified atom stereocenters. The summed E-state index contributed by atoms with van der Waals surface area (Å²) in [6.07, 6.45) is 4.05. The lowest BCUT2D eigenvalue weighted by Gasteiger charge is -2.19. The van der Waals surface area contributed by atoms with Crippen molar-refractivity contribution in [3.05, 3.63) is 46.2 Å². The number of amides is 2. The second-order valence-corrected chi connectivity index (χ2v) is 6.85. The number of benzene rings is 1. The highest BCUT2D eigenvalue weighted by Gasteiger charge is 2.28. The van der Waals surface area contributed by atoms with Gasteiger partial charge in [0.25, 0.3) is 0 Å². The smallest absolute Gasteiger partial charge is 0.322 e. The van der Waals surface area contributed by atoms with Crippen LogP contribution in [0.25, 0.3) is 0 Å². The van der Waals surface area contributed by atoms with Gasteiger partial charge in [-0.15, -0.1) is 0 Å². The van der Waals surface area contributed by atoms with Crippen LogP contribution in [0.5, 0.6) is 11.5 Å². The number of carbonyl (C=O) groups excluding carboxylic acids is 1. The first-order valence-electron chi connectivity index (χ1n) is 7.72. The van der Waals surface area contributed by atoms with Crippen LogP contribution in [0, 0.1) is 0 Å². The van der Waals surface area contributed by atoms with Crippen LogP contribution in [0.1, 0.15) is 6.42 Å². The van der Waals surface area contributed by atoms with Crippen molar-refractivity contribution in [3.8, 4) is 11.5 Å². The minimum absolute atomic E-state index is 0.0642. The van der Waals surface area contributed by atoms with Crippen LogP contribution in [-0.4, -0.2) is 42.2 Å². The van der Waals surface area contributed by atoms with E-state index < -0.39 is 0 Å². The molecule has 0 bridgehead atoms. The Morgan fingerprint density at radius 3 is 3.00 bits per heavy atom. The number of methoxy groups -OCH3 is 1. The predicted molar refractivity (Wildman–Crippen MR) is 99.6 cm³/mol. The van der Waals surface area contributed by atoms with Gasteiger partial charge in [-0.2, -0.15) is 0 Å². The van der Waals surface area contributed by atoms with Gasteiger partial charge in [0.05, 0.1) is 23.8 Å². The molecule has 0 aliphatic carbocycles. The van der Waals surface area contributed by atoms with E-state index in [1.807, 2.05) is 0 Å². The molecular formula is C17H17BrClN3O3. The van der Waals surface area contributed by atoms with E-state index in [1.54, 1.807) is 48.7 Å². The first kappa shape index (κ1) is 17.8. The van der Waals surface area contributed by atoms with Gasteiger partial charge >= 0.3 is 6.03 Å². The van der Waals surface area contributed by atoms with Gasteiger partial charge in [0.2, 0.25) is 0 Å². The van der Waals surface area contributed by atoms with Crippen molar-refractivity contribution < 1.29 is 14.3 Å². The Hall–Kier alpha value is -1.99. The molecule has 1 aromatic heterocycles. The Morgan fingerprint density at radius 2 is 2.24 bits per heavy atom. The molecule has 1 aliphatic rings. The summed E-state index contributed by atoms with van der Waals surface area (Å²) in [5, 5.41) is 3.37. The van der Waals surface area contributed by atoms with E-state index in [9.17, 15) is 4.79 Å². The zero-order chi connectivity index (χ0) is 17.8. The number of rotatable bonds is 4. The summed E-state index contributed by atoms with van der Waals surface area (Å²) in [6.45, 7) is 1.12. The molecule has 1 aliphatic heterocycles. The van der Waals surface area contributed by atoms with Crippen LogP contribution in [0.2, 0.25) is 5.02 Å². The molecule has 0 spiro atoms. The molecule has 0 saturated carbocycles. The third-order valence-electron chi connectivity index (χ3n) is 3.86. The number of nitrogens with one attached hydrogen (secondary N) is 1. The van der Waals surface area contributed by atoms with E-state index in [2.05, 4.69) is 26.2 Å². The standard InChI is InChI=1S/C17H17BrClN3O3/c1-24-16-3-2-11(19)8-14(16)21-17(23)22-7-5-12(10-22)25-15-4-6-20-9-13(15)18/h2-4,6,8-9,12H,5,7,10H2,1H3,(H,21,23). The van der Waals surface area contributed by atoms with Crippen LogP contribution < -0.4 is 14.8 Å². The first-order valence-corrected chi connectivity index (χ1v) is 8.89. The molecule has 25 heavy (non-hydrogen) atoms. The summed E-state index contributed by atoms with van der Waals surface area (Å²) in [5.41, 5.74) is 0.543. The molecular weight excluding hydrogens is 410 g/mol. The van der Waals surface area contributed by atoms with Gasteiger partial charge in [0.15, 0.2) is 0 Å². The minimum Gasteiger partial charge on any atom is -0.495 e. The molecule has 2 amide bonds. The Balaban J connectivity index is 1.61. The largest absolute Gasteiger partial charge is 0.495 e. The number of urea groups is 1. The van der Waals surface area contributed by atoms with E-state index in [-0.39, 0.29) is 12.1 Å². The number of ether oxygens (including phenoxy) is 2. The number of pyridine rings is 1. The average molecular weight is 427 g/mol. The van der Waals surface area contributed by atoms with E-state index in [4.69, 9.17) is 21.1 Å². The van der Waals surface area contributed by atoms with Crippen LogP contribution in [0.4, 0.5) is 10.5 Å². The Bertz CT molecular complexity index is 775. The number of anilines is 1. The van der Waals surface area contributed by atoms with Gasteiger partial charge in [-0.1, -0.05) is 11.6 Å². The summed E-state index contributed by atoms with van der Waals surface area (Å²) in [7, 11) is 1.55. The second kappa shape index (κ2) is 7.93. The molecule has 8 heteroatoms. The Morgan fingerprint density at radius 1 is 1.40 bits per heavy atom. The second-order valence-electron chi connectivity index (χ2n) is 5.56. The topological polar surface area (TPSA) is 63.7 Å². The van der Waals surface area contributed by atoms with E-state index in [0.717, 1.165) is 16.6 Å². The lowest BCUT2D eigenvalue weighted by Crippen LogP contribution is -2.34. The number of nitrogens with zero attached hydrogens (tertiary/aromatic N) is 2. The summed E-state index contributed by atoms with van der Waals surface area (Å²) < 4.78 is 12.0. The fourth-order valence-electron chi connectivity index (χ4n) is 2.62. The number of aromatic nitrogens is 1. The molecule has 1 saturated heterocycles. The lowest BCUT2D eigenvalue weighted by molar-refractivity contribution is 0.194. The first-order chi connectivity index (χ1) is 12.1. The molecule has 1 N–H and O–H groups in total. The summed E-state index contributed by atoms with van der Waals surface area (Å²) in [4.78, 5) is 18.2. The van der Waals surface area contributed by atoms with Crippen LogP contribution in [0.15, 0.2) is 41.1 Å². The molecule has 1 atom stereocenters. The number of hydrogen-bond acceptors (Lipinski definition) is 4. The number of halogens is 2. The van der Waals surface area contributed by atoms with E-state index >= 15 is 0 Å². The zero-order valence-electron chi connectivity index (χ0n) is 13.5. The highest BCUT2D eigenvalue weighted by molar-refractivity contribution is 9.10. The predicted octanol–water partition coefficient (Wildman–Crippen LogP) is 4.19. The average Bonchev–Trinajstić information content (AvgIpc) is 3.06. The van der Waals surface area contributed by atoms with Crippen molar-refractivity contribution in [1.82, 2.24) is 9.88 Å². The van der Waals surface area contributed by atoms with E-state index in [1.165, 1.54) is 0 Å². The van der Waals surface area contributed by atoms with Gasteiger partial charge < -0.3 is 19.7 Å². The normalized spacial score (nSPS) is 16.6. The van der Waals surface area contributed by atoms with Crippen LogP contribution in [0.3, 0.4) is 0 Å². The number of likely N-dealkylation sites (tertiary alicyclic amines) is 1. The summed E-state index contributed by atoms with van der Waals surface area (Å²) in [6, 6.07) is 6.68. The number of carbonyl (C=O) groups is 1. The van der Waals surface area contributed by atoms with Gasteiger partial charge in [0.1, 0.15) is 17.6 Å². The zero-order valence-corrected chi connectivity index (χ0v) is 15.9. The molecule has 0 radical (unpaired) electrons. The lowest BCUT2D eigenvalue weighted by atomic mass is 10.3. The molecule has 2 heterocycles. The van der Waals surface area contributed by atoms with Gasteiger partial charge in [-0.05, 0) is 40.2 Å². The molecule has 6 nitrogen and oxygen atoms in total. The third-order valence-corrected chi connectivity index (χ3v) is 4.69. The van der Waals surface area contributed by atoms with E-state index in [0.29, 0.717) is 29.5 Å². The number of hydrogen-bond donors (Lipinski definition) is 1. The van der Waals surface area contributed by atoms with Gasteiger partial charge in [-0.25, -0.2) is 4.79 Å².